The van der Waals surface area contributed by atoms with Gasteiger partial charge in [-0.2, -0.15) is 0 Å². The molecule has 0 saturated heterocycles. The van der Waals surface area contributed by atoms with E-state index in [9.17, 15) is 15.0 Å². The van der Waals surface area contributed by atoms with Crippen molar-refractivity contribution < 1.29 is 24.2 Å². The predicted octanol–water partition coefficient (Wildman–Crippen LogP) is 2.98. The van der Waals surface area contributed by atoms with Crippen LogP contribution in [0.4, 0.5) is 0 Å². The summed E-state index contributed by atoms with van der Waals surface area (Å²) < 4.78 is 10.7. The van der Waals surface area contributed by atoms with Gasteiger partial charge in [-0.25, -0.2) is 4.79 Å². The number of hydrogen-bond donors (Lipinski definition) is 2. The van der Waals surface area contributed by atoms with Gasteiger partial charge in [-0.1, -0.05) is 0 Å². The monoisotopic (exact) mass is 270 g/mol. The van der Waals surface area contributed by atoms with Crippen LogP contribution in [0, 0.1) is 6.92 Å². The Labute approximate surface area is 113 Å². The Kier molecular flexibility index (Phi) is 1.92. The molecule has 0 saturated carbocycles. The van der Waals surface area contributed by atoms with Crippen LogP contribution in [-0.4, -0.2) is 16.2 Å². The minimum Gasteiger partial charge on any atom is -0.508 e. The molecule has 2 aromatic carbocycles. The van der Waals surface area contributed by atoms with Gasteiger partial charge in [0.05, 0.1) is 0 Å². The van der Waals surface area contributed by atoms with Crippen molar-refractivity contribution in [2.24, 2.45) is 0 Å². The van der Waals surface area contributed by atoms with Crippen molar-refractivity contribution >= 4 is 27.9 Å². The lowest BCUT2D eigenvalue weighted by Gasteiger charge is -2.01. The van der Waals surface area contributed by atoms with Crippen LogP contribution in [0.3, 0.4) is 0 Å². The number of furan rings is 1. The van der Waals surface area contributed by atoms with Crippen molar-refractivity contribution in [2.75, 3.05) is 0 Å². The van der Waals surface area contributed by atoms with E-state index in [1.165, 1.54) is 12.1 Å². The Bertz CT molecular complexity index is 904. The Morgan fingerprint density at radius 2 is 1.85 bits per heavy atom. The van der Waals surface area contributed by atoms with Crippen molar-refractivity contribution in [1.29, 1.82) is 0 Å². The van der Waals surface area contributed by atoms with E-state index < -0.39 is 5.97 Å². The third-order valence-corrected chi connectivity index (χ3v) is 3.68. The summed E-state index contributed by atoms with van der Waals surface area (Å²) in [4.78, 5) is 11.7. The number of aryl methyl sites for hydroxylation is 1. The van der Waals surface area contributed by atoms with Crippen molar-refractivity contribution in [2.45, 2.75) is 13.5 Å². The van der Waals surface area contributed by atoms with E-state index in [1.807, 2.05) is 6.92 Å². The van der Waals surface area contributed by atoms with E-state index in [4.69, 9.17) is 9.15 Å². The number of hydrogen-bond acceptors (Lipinski definition) is 5. The Morgan fingerprint density at radius 1 is 1.10 bits per heavy atom. The van der Waals surface area contributed by atoms with Crippen molar-refractivity contribution in [1.82, 2.24) is 0 Å². The molecule has 4 rings (SSSR count). The van der Waals surface area contributed by atoms with E-state index in [-0.39, 0.29) is 23.7 Å². The second-order valence-corrected chi connectivity index (χ2v) is 4.94. The molecule has 0 fully saturated rings. The topological polar surface area (TPSA) is 79.9 Å². The minimum absolute atomic E-state index is 0.113. The molecule has 0 unspecified atom stereocenters. The van der Waals surface area contributed by atoms with Gasteiger partial charge in [0, 0.05) is 28.5 Å². The number of carbonyl (C=O) groups is 1. The molecule has 1 aliphatic rings. The summed E-state index contributed by atoms with van der Waals surface area (Å²) in [5, 5.41) is 21.2. The average Bonchev–Trinajstić information content (AvgIpc) is 2.90. The number of fused-ring (bicyclic) bond motifs is 5. The molecule has 0 radical (unpaired) electrons. The number of cyclic esters (lactones) is 1. The molecule has 0 spiro atoms. The molecule has 2 heterocycles. The highest BCUT2D eigenvalue weighted by molar-refractivity contribution is 6.13. The standard InChI is InChI=1S/C15H10O5/c1-6-2-7(16)3-10-12(6)14-8-5-19-15(18)13(8)9(17)4-11(14)20-10/h2-4,16-17H,5H2,1H3. The van der Waals surface area contributed by atoms with Gasteiger partial charge in [0.25, 0.3) is 0 Å². The van der Waals surface area contributed by atoms with Crippen LogP contribution in [0.1, 0.15) is 21.5 Å². The van der Waals surface area contributed by atoms with Crippen LogP contribution < -0.4 is 0 Å². The van der Waals surface area contributed by atoms with Gasteiger partial charge in [0.2, 0.25) is 0 Å². The number of esters is 1. The average molecular weight is 270 g/mol. The molecule has 1 aliphatic heterocycles. The molecule has 20 heavy (non-hydrogen) atoms. The van der Waals surface area contributed by atoms with Gasteiger partial charge in [-0.3, -0.25) is 0 Å². The molecule has 0 bridgehead atoms. The number of phenols is 2. The smallest absolute Gasteiger partial charge is 0.342 e. The zero-order chi connectivity index (χ0) is 14.0. The molecule has 2 N–H and O–H groups in total. The third-order valence-electron chi connectivity index (χ3n) is 3.68. The first-order chi connectivity index (χ1) is 9.56. The molecule has 0 amide bonds. The zero-order valence-electron chi connectivity index (χ0n) is 10.6. The largest absolute Gasteiger partial charge is 0.508 e. The van der Waals surface area contributed by atoms with Crippen LogP contribution in [0.25, 0.3) is 21.9 Å². The number of ether oxygens (including phenoxy) is 1. The third kappa shape index (κ3) is 1.24. The fourth-order valence-electron chi connectivity index (χ4n) is 2.89. The summed E-state index contributed by atoms with van der Waals surface area (Å²) in [5.41, 5.74) is 2.67. The fraction of sp³-hybridized carbons (Fsp3) is 0.133. The Balaban J connectivity index is 2.27. The van der Waals surface area contributed by atoms with E-state index in [0.29, 0.717) is 16.7 Å². The maximum Gasteiger partial charge on any atom is 0.342 e. The van der Waals surface area contributed by atoms with Crippen LogP contribution >= 0.6 is 0 Å². The molecule has 3 aromatic rings. The quantitative estimate of drug-likeness (QED) is 0.614. The first kappa shape index (κ1) is 11.2. The molecule has 100 valence electrons. The number of aromatic hydroxyl groups is 2. The SMILES string of the molecule is Cc1cc(O)cc2oc3cc(O)c4c(c3c12)COC4=O. The highest BCUT2D eigenvalue weighted by atomic mass is 16.5. The van der Waals surface area contributed by atoms with Crippen LogP contribution in [0.2, 0.25) is 0 Å². The lowest BCUT2D eigenvalue weighted by Crippen LogP contribution is -1.94. The summed E-state index contributed by atoms with van der Waals surface area (Å²) >= 11 is 0. The maximum atomic E-state index is 11.7. The fourth-order valence-corrected chi connectivity index (χ4v) is 2.89. The van der Waals surface area contributed by atoms with Gasteiger partial charge in [0.1, 0.15) is 34.8 Å². The van der Waals surface area contributed by atoms with E-state index >= 15 is 0 Å². The maximum absolute atomic E-state index is 11.7. The van der Waals surface area contributed by atoms with Crippen molar-refractivity contribution in [3.63, 3.8) is 0 Å². The molecule has 5 nitrogen and oxygen atoms in total. The minimum atomic E-state index is -0.523. The highest BCUT2D eigenvalue weighted by Gasteiger charge is 2.30. The Hall–Kier alpha value is -2.69. The lowest BCUT2D eigenvalue weighted by molar-refractivity contribution is 0.0533. The van der Waals surface area contributed by atoms with Crippen LogP contribution in [0.5, 0.6) is 11.5 Å². The number of benzene rings is 2. The lowest BCUT2D eigenvalue weighted by atomic mass is 9.99. The molecular formula is C15H10O5. The molecule has 0 atom stereocenters. The zero-order valence-corrected chi connectivity index (χ0v) is 10.6. The molecule has 1 aromatic heterocycles. The number of phenolic OH excluding ortho intramolecular Hbond substituents is 2. The van der Waals surface area contributed by atoms with Crippen molar-refractivity contribution in [3.05, 3.63) is 34.9 Å². The van der Waals surface area contributed by atoms with Gasteiger partial charge >= 0.3 is 5.97 Å². The number of rotatable bonds is 0. The second-order valence-electron chi connectivity index (χ2n) is 4.94. The summed E-state index contributed by atoms with van der Waals surface area (Å²) in [6.45, 7) is 1.97. The second kappa shape index (κ2) is 3.45. The summed E-state index contributed by atoms with van der Waals surface area (Å²) in [5.74, 6) is -0.552. The predicted molar refractivity (Wildman–Crippen MR) is 70.9 cm³/mol. The van der Waals surface area contributed by atoms with Crippen LogP contribution in [-0.2, 0) is 11.3 Å². The molecular weight excluding hydrogens is 260 g/mol. The highest BCUT2D eigenvalue weighted by Crippen LogP contribution is 2.42. The van der Waals surface area contributed by atoms with Gasteiger partial charge < -0.3 is 19.4 Å². The van der Waals surface area contributed by atoms with Gasteiger partial charge in [-0.05, 0) is 18.6 Å². The number of carbonyl (C=O) groups excluding carboxylic acids is 1. The Morgan fingerprint density at radius 3 is 2.65 bits per heavy atom. The van der Waals surface area contributed by atoms with Crippen LogP contribution in [0.15, 0.2) is 22.6 Å². The summed E-state index contributed by atoms with van der Waals surface area (Å²) in [6, 6.07) is 4.56. The van der Waals surface area contributed by atoms with Gasteiger partial charge in [0.15, 0.2) is 0 Å². The first-order valence-electron chi connectivity index (χ1n) is 6.14. The van der Waals surface area contributed by atoms with E-state index in [2.05, 4.69) is 0 Å². The van der Waals surface area contributed by atoms with E-state index in [0.717, 1.165) is 16.3 Å². The molecule has 5 heteroatoms. The van der Waals surface area contributed by atoms with E-state index in [1.54, 1.807) is 6.07 Å². The first-order valence-corrected chi connectivity index (χ1v) is 6.14. The molecule has 0 aliphatic carbocycles. The normalized spacial score (nSPS) is 13.9. The van der Waals surface area contributed by atoms with Gasteiger partial charge in [-0.15, -0.1) is 0 Å². The summed E-state index contributed by atoms with van der Waals surface area (Å²) in [7, 11) is 0. The summed E-state index contributed by atoms with van der Waals surface area (Å²) in [6.07, 6.45) is 0. The van der Waals surface area contributed by atoms with Crippen molar-refractivity contribution in [3.8, 4) is 11.5 Å².